The first kappa shape index (κ1) is 13.5. The number of hydrogen-bond donors (Lipinski definition) is 2. The van der Waals surface area contributed by atoms with Gasteiger partial charge in [0.25, 0.3) is 0 Å². The van der Waals surface area contributed by atoms with E-state index in [1.54, 1.807) is 13.0 Å². The topological polar surface area (TPSA) is 75.6 Å². The third-order valence-corrected chi connectivity index (χ3v) is 3.04. The van der Waals surface area contributed by atoms with Crippen LogP contribution in [0.5, 0.6) is 0 Å². The molecule has 1 amide bonds. The van der Waals surface area contributed by atoms with Gasteiger partial charge in [-0.15, -0.1) is 6.58 Å². The fourth-order valence-corrected chi connectivity index (χ4v) is 1.96. The summed E-state index contributed by atoms with van der Waals surface area (Å²) in [5.41, 5.74) is 0. The molecule has 0 aromatic heterocycles. The van der Waals surface area contributed by atoms with Crippen LogP contribution in [-0.2, 0) is 9.53 Å². The van der Waals surface area contributed by atoms with Crippen LogP contribution in [0.3, 0.4) is 0 Å². The second kappa shape index (κ2) is 5.70. The van der Waals surface area contributed by atoms with Crippen LogP contribution < -0.4 is 5.32 Å². The average molecular weight is 241 g/mol. The predicted octanol–water partition coefficient (Wildman–Crippen LogP) is 1.79. The average Bonchev–Trinajstić information content (AvgIpc) is 2.57. The highest BCUT2D eigenvalue weighted by molar-refractivity contribution is 5.74. The lowest BCUT2D eigenvalue weighted by Gasteiger charge is -2.24. The van der Waals surface area contributed by atoms with Crippen molar-refractivity contribution in [1.29, 1.82) is 0 Å². The number of esters is 1. The van der Waals surface area contributed by atoms with Crippen molar-refractivity contribution < 1.29 is 19.4 Å². The van der Waals surface area contributed by atoms with E-state index in [4.69, 9.17) is 9.84 Å². The number of amides is 1. The summed E-state index contributed by atoms with van der Waals surface area (Å²) in [6, 6.07) is -0.366. The summed E-state index contributed by atoms with van der Waals surface area (Å²) in [5.74, 6) is -0.239. The smallest absolute Gasteiger partial charge is 0.405 e. The summed E-state index contributed by atoms with van der Waals surface area (Å²) in [7, 11) is 0. The van der Waals surface area contributed by atoms with Gasteiger partial charge in [0.2, 0.25) is 0 Å². The Kier molecular flexibility index (Phi) is 4.54. The van der Waals surface area contributed by atoms with Crippen molar-refractivity contribution in [2.75, 3.05) is 0 Å². The summed E-state index contributed by atoms with van der Waals surface area (Å²) >= 11 is 0. The van der Waals surface area contributed by atoms with E-state index in [1.165, 1.54) is 0 Å². The van der Waals surface area contributed by atoms with Crippen LogP contribution >= 0.6 is 0 Å². The van der Waals surface area contributed by atoms with E-state index in [9.17, 15) is 9.59 Å². The molecular formula is C12H19NO4. The minimum Gasteiger partial charge on any atom is -0.465 e. The molecule has 1 saturated heterocycles. The minimum atomic E-state index is -1.10. The molecule has 1 aliphatic rings. The zero-order valence-corrected chi connectivity index (χ0v) is 10.2. The van der Waals surface area contributed by atoms with Gasteiger partial charge in [-0.05, 0) is 18.8 Å². The van der Waals surface area contributed by atoms with Crippen LogP contribution in [0.25, 0.3) is 0 Å². The van der Waals surface area contributed by atoms with Gasteiger partial charge in [-0.25, -0.2) is 4.79 Å². The van der Waals surface area contributed by atoms with E-state index in [2.05, 4.69) is 11.9 Å². The predicted molar refractivity (Wildman–Crippen MR) is 62.6 cm³/mol. The number of allylic oxidation sites excluding steroid dienone is 1. The van der Waals surface area contributed by atoms with E-state index >= 15 is 0 Å². The van der Waals surface area contributed by atoms with Crippen molar-refractivity contribution in [1.82, 2.24) is 5.32 Å². The first-order chi connectivity index (χ1) is 7.93. The highest BCUT2D eigenvalue weighted by Gasteiger charge is 2.37. The number of hydrogen-bond acceptors (Lipinski definition) is 3. The minimum absolute atomic E-state index is 0.155. The van der Waals surface area contributed by atoms with E-state index in [0.717, 1.165) is 0 Å². The van der Waals surface area contributed by atoms with E-state index < -0.39 is 6.09 Å². The fourth-order valence-electron chi connectivity index (χ4n) is 1.96. The number of ether oxygens (including phenoxy) is 1. The summed E-state index contributed by atoms with van der Waals surface area (Å²) in [6.45, 7) is 7.40. The molecule has 1 rings (SSSR count). The normalized spacial score (nSPS) is 27.1. The van der Waals surface area contributed by atoms with Crippen molar-refractivity contribution in [3.05, 3.63) is 12.7 Å². The Morgan fingerprint density at radius 1 is 1.76 bits per heavy atom. The molecule has 0 aromatic carbocycles. The maximum atomic E-state index is 11.3. The summed E-state index contributed by atoms with van der Waals surface area (Å²) < 4.78 is 5.18. The van der Waals surface area contributed by atoms with Crippen LogP contribution in [0.4, 0.5) is 4.79 Å². The fraction of sp³-hybridized carbons (Fsp3) is 0.667. The first-order valence-corrected chi connectivity index (χ1v) is 5.76. The molecule has 0 aliphatic carbocycles. The lowest BCUT2D eigenvalue weighted by molar-refractivity contribution is -0.144. The molecule has 17 heavy (non-hydrogen) atoms. The Labute approximate surface area is 101 Å². The lowest BCUT2D eigenvalue weighted by atomic mass is 9.94. The molecule has 3 unspecified atom stereocenters. The van der Waals surface area contributed by atoms with Crippen molar-refractivity contribution in [3.8, 4) is 0 Å². The molecule has 0 radical (unpaired) electrons. The molecule has 1 fully saturated rings. The molecule has 1 aliphatic heterocycles. The van der Waals surface area contributed by atoms with Crippen LogP contribution in [0.15, 0.2) is 12.7 Å². The van der Waals surface area contributed by atoms with Crippen LogP contribution in [0, 0.1) is 11.8 Å². The third-order valence-electron chi connectivity index (χ3n) is 3.04. The molecule has 0 saturated carbocycles. The second-order valence-electron chi connectivity index (χ2n) is 4.62. The maximum Gasteiger partial charge on any atom is 0.405 e. The molecule has 4 atom stereocenters. The lowest BCUT2D eigenvalue weighted by Crippen LogP contribution is -2.43. The molecule has 2 N–H and O–H groups in total. The van der Waals surface area contributed by atoms with E-state index in [1.807, 2.05) is 6.92 Å². The Hall–Kier alpha value is -1.52. The first-order valence-electron chi connectivity index (χ1n) is 5.76. The highest BCUT2D eigenvalue weighted by atomic mass is 16.6. The number of carboxylic acid groups (broad SMARTS) is 1. The quantitative estimate of drug-likeness (QED) is 0.568. The molecule has 5 nitrogen and oxygen atoms in total. The van der Waals surface area contributed by atoms with Gasteiger partial charge in [-0.1, -0.05) is 19.9 Å². The van der Waals surface area contributed by atoms with Crippen molar-refractivity contribution >= 4 is 12.1 Å². The Morgan fingerprint density at radius 2 is 2.41 bits per heavy atom. The number of rotatable bonds is 5. The second-order valence-corrected chi connectivity index (χ2v) is 4.62. The molecule has 5 heteroatoms. The van der Waals surface area contributed by atoms with Crippen LogP contribution in [-0.4, -0.2) is 29.3 Å². The van der Waals surface area contributed by atoms with Crippen LogP contribution in [0.1, 0.15) is 26.7 Å². The Morgan fingerprint density at radius 3 is 2.82 bits per heavy atom. The van der Waals surface area contributed by atoms with Crippen molar-refractivity contribution in [2.24, 2.45) is 11.8 Å². The van der Waals surface area contributed by atoms with Gasteiger partial charge in [-0.3, -0.25) is 4.79 Å². The summed E-state index contributed by atoms with van der Waals surface area (Å²) in [5, 5.41) is 11.2. The monoisotopic (exact) mass is 241 g/mol. The molecule has 96 valence electrons. The number of cyclic esters (lactones) is 1. The standard InChI is InChI=1S/C12H19NO4/c1-4-7(2)5-9(13-12(15)16)10-6-8(3)11(14)17-10/h4,7-10,13H,1,5-6H2,2-3H3,(H,15,16)/t7?,8?,9-,10?/m0/s1. The number of nitrogens with one attached hydrogen (secondary N) is 1. The molecule has 0 bridgehead atoms. The Balaban J connectivity index is 2.66. The van der Waals surface area contributed by atoms with Crippen molar-refractivity contribution in [3.63, 3.8) is 0 Å². The van der Waals surface area contributed by atoms with Crippen LogP contribution in [0.2, 0.25) is 0 Å². The summed E-state index contributed by atoms with van der Waals surface area (Å²) in [4.78, 5) is 22.0. The van der Waals surface area contributed by atoms with E-state index in [0.29, 0.717) is 12.8 Å². The Bertz CT molecular complexity index is 316. The van der Waals surface area contributed by atoms with Gasteiger partial charge in [0.1, 0.15) is 6.10 Å². The SMILES string of the molecule is C=CC(C)C[C@H](NC(=O)O)C1CC(C)C(=O)O1. The number of carbonyl (C=O) groups excluding carboxylic acids is 1. The van der Waals surface area contributed by atoms with Gasteiger partial charge in [0.05, 0.1) is 12.0 Å². The maximum absolute atomic E-state index is 11.3. The molecule has 0 aromatic rings. The largest absolute Gasteiger partial charge is 0.465 e. The van der Waals surface area contributed by atoms with Gasteiger partial charge >= 0.3 is 12.1 Å². The van der Waals surface area contributed by atoms with Gasteiger partial charge < -0.3 is 15.2 Å². The van der Waals surface area contributed by atoms with Gasteiger partial charge in [0.15, 0.2) is 0 Å². The zero-order chi connectivity index (χ0) is 13.0. The third kappa shape index (κ3) is 3.76. The molecule has 0 spiro atoms. The highest BCUT2D eigenvalue weighted by Crippen LogP contribution is 2.25. The van der Waals surface area contributed by atoms with Crippen molar-refractivity contribution in [2.45, 2.75) is 38.8 Å². The number of carbonyl (C=O) groups is 2. The van der Waals surface area contributed by atoms with E-state index in [-0.39, 0.29) is 30.0 Å². The van der Waals surface area contributed by atoms with Gasteiger partial charge in [-0.2, -0.15) is 0 Å². The van der Waals surface area contributed by atoms with Gasteiger partial charge in [0, 0.05) is 0 Å². The molecule has 1 heterocycles. The zero-order valence-electron chi connectivity index (χ0n) is 10.2. The molecular weight excluding hydrogens is 222 g/mol. The summed E-state index contributed by atoms with van der Waals surface area (Å²) in [6.07, 6.45) is 1.45.